The summed E-state index contributed by atoms with van der Waals surface area (Å²) in [4.78, 5) is 2.55. The molecule has 0 bridgehead atoms. The average molecular weight is 202 g/mol. The quantitative estimate of drug-likeness (QED) is 0.742. The minimum atomic E-state index is 0.720. The van der Waals surface area contributed by atoms with Gasteiger partial charge in [-0.25, -0.2) is 0 Å². The molecule has 1 rings (SSSR count). The Bertz CT molecular complexity index is 135. The van der Waals surface area contributed by atoms with Crippen LogP contribution in [0.25, 0.3) is 0 Å². The molecule has 1 saturated heterocycles. The molecule has 3 heteroatoms. The predicted molar refractivity (Wildman–Crippen MR) is 61.5 cm³/mol. The third-order valence-corrected chi connectivity index (χ3v) is 3.80. The standard InChI is InChI=1S/C10H22N2S/c1-9(8-13-3)12(2)10-4-6-11-7-5-10/h9-11H,4-8H2,1-3H3. The summed E-state index contributed by atoms with van der Waals surface area (Å²) in [5, 5.41) is 3.41. The molecule has 1 fully saturated rings. The van der Waals surface area contributed by atoms with E-state index in [-0.39, 0.29) is 0 Å². The van der Waals surface area contributed by atoms with Crippen molar-refractivity contribution in [2.24, 2.45) is 0 Å². The zero-order chi connectivity index (χ0) is 9.68. The van der Waals surface area contributed by atoms with Crippen molar-refractivity contribution in [1.29, 1.82) is 0 Å². The minimum Gasteiger partial charge on any atom is -0.317 e. The highest BCUT2D eigenvalue weighted by atomic mass is 32.2. The number of rotatable bonds is 4. The first kappa shape index (κ1) is 11.3. The normalized spacial score (nSPS) is 22.2. The van der Waals surface area contributed by atoms with Gasteiger partial charge in [0.05, 0.1) is 0 Å². The van der Waals surface area contributed by atoms with Gasteiger partial charge in [0.1, 0.15) is 0 Å². The van der Waals surface area contributed by atoms with Crippen LogP contribution in [0.2, 0.25) is 0 Å². The fraction of sp³-hybridized carbons (Fsp3) is 1.00. The second-order valence-corrected chi connectivity index (χ2v) is 4.86. The van der Waals surface area contributed by atoms with Gasteiger partial charge in [0, 0.05) is 17.8 Å². The summed E-state index contributed by atoms with van der Waals surface area (Å²) in [5.41, 5.74) is 0. The van der Waals surface area contributed by atoms with Crippen molar-refractivity contribution in [2.75, 3.05) is 32.1 Å². The maximum absolute atomic E-state index is 3.41. The van der Waals surface area contributed by atoms with Gasteiger partial charge in [0.15, 0.2) is 0 Å². The molecular weight excluding hydrogens is 180 g/mol. The average Bonchev–Trinajstić information content (AvgIpc) is 2.18. The Kier molecular flexibility index (Phi) is 5.14. The summed E-state index contributed by atoms with van der Waals surface area (Å²) in [5.74, 6) is 1.25. The molecule has 13 heavy (non-hydrogen) atoms. The van der Waals surface area contributed by atoms with E-state index in [1.54, 1.807) is 0 Å². The third-order valence-electron chi connectivity index (χ3n) is 2.99. The number of nitrogens with one attached hydrogen (secondary N) is 1. The van der Waals surface area contributed by atoms with Crippen molar-refractivity contribution >= 4 is 11.8 Å². The van der Waals surface area contributed by atoms with E-state index in [1.807, 2.05) is 11.8 Å². The van der Waals surface area contributed by atoms with Gasteiger partial charge < -0.3 is 5.32 Å². The number of piperidine rings is 1. The van der Waals surface area contributed by atoms with Crippen molar-refractivity contribution in [3.63, 3.8) is 0 Å². The molecule has 0 amide bonds. The summed E-state index contributed by atoms with van der Waals surface area (Å²) < 4.78 is 0. The Hall–Kier alpha value is 0.270. The van der Waals surface area contributed by atoms with E-state index < -0.39 is 0 Å². The molecule has 2 nitrogen and oxygen atoms in total. The zero-order valence-corrected chi connectivity index (χ0v) is 9.86. The molecule has 1 unspecified atom stereocenters. The van der Waals surface area contributed by atoms with Crippen molar-refractivity contribution < 1.29 is 0 Å². The molecule has 1 atom stereocenters. The molecule has 0 spiro atoms. The largest absolute Gasteiger partial charge is 0.317 e. The number of nitrogens with zero attached hydrogens (tertiary/aromatic N) is 1. The fourth-order valence-corrected chi connectivity index (χ4v) is 2.65. The molecule has 1 heterocycles. The van der Waals surface area contributed by atoms with Crippen LogP contribution in [0.1, 0.15) is 19.8 Å². The second-order valence-electron chi connectivity index (χ2n) is 3.95. The van der Waals surface area contributed by atoms with Crippen LogP contribution in [-0.2, 0) is 0 Å². The molecular formula is C10H22N2S. The van der Waals surface area contributed by atoms with Crippen LogP contribution in [-0.4, -0.2) is 49.1 Å². The van der Waals surface area contributed by atoms with Crippen LogP contribution in [0.15, 0.2) is 0 Å². The minimum absolute atomic E-state index is 0.720. The first-order valence-electron chi connectivity index (χ1n) is 5.17. The van der Waals surface area contributed by atoms with E-state index in [0.717, 1.165) is 12.1 Å². The Morgan fingerprint density at radius 1 is 1.46 bits per heavy atom. The first-order valence-corrected chi connectivity index (χ1v) is 6.56. The molecule has 0 radical (unpaired) electrons. The maximum Gasteiger partial charge on any atom is 0.0157 e. The lowest BCUT2D eigenvalue weighted by Crippen LogP contribution is -2.45. The van der Waals surface area contributed by atoms with Crippen LogP contribution < -0.4 is 5.32 Å². The van der Waals surface area contributed by atoms with E-state index in [4.69, 9.17) is 0 Å². The van der Waals surface area contributed by atoms with Crippen LogP contribution in [0, 0.1) is 0 Å². The second kappa shape index (κ2) is 5.89. The van der Waals surface area contributed by atoms with Crippen LogP contribution >= 0.6 is 11.8 Å². The summed E-state index contributed by atoms with van der Waals surface area (Å²) in [7, 11) is 2.27. The topological polar surface area (TPSA) is 15.3 Å². The smallest absolute Gasteiger partial charge is 0.0157 e. The summed E-state index contributed by atoms with van der Waals surface area (Å²) >= 11 is 1.94. The monoisotopic (exact) mass is 202 g/mol. The lowest BCUT2D eigenvalue weighted by atomic mass is 10.0. The van der Waals surface area contributed by atoms with Gasteiger partial charge in [-0.1, -0.05) is 0 Å². The predicted octanol–water partition coefficient (Wildman–Crippen LogP) is 1.42. The summed E-state index contributed by atoms with van der Waals surface area (Å²) in [6.45, 7) is 4.72. The number of thioether (sulfide) groups is 1. The molecule has 1 N–H and O–H groups in total. The molecule has 0 aromatic heterocycles. The Balaban J connectivity index is 2.31. The molecule has 0 aromatic rings. The Morgan fingerprint density at radius 2 is 2.08 bits per heavy atom. The third kappa shape index (κ3) is 3.49. The summed E-state index contributed by atoms with van der Waals surface area (Å²) in [6.07, 6.45) is 4.82. The number of hydrogen-bond donors (Lipinski definition) is 1. The van der Waals surface area contributed by atoms with Gasteiger partial charge in [-0.15, -0.1) is 0 Å². The summed E-state index contributed by atoms with van der Waals surface area (Å²) in [6, 6.07) is 1.53. The molecule has 1 aliphatic rings. The highest BCUT2D eigenvalue weighted by molar-refractivity contribution is 7.98. The van der Waals surface area contributed by atoms with Crippen molar-refractivity contribution in [2.45, 2.75) is 31.8 Å². The van der Waals surface area contributed by atoms with E-state index in [9.17, 15) is 0 Å². The van der Waals surface area contributed by atoms with Gasteiger partial charge in [-0.05, 0) is 46.2 Å². The first-order chi connectivity index (χ1) is 6.25. The van der Waals surface area contributed by atoms with Crippen LogP contribution in [0.4, 0.5) is 0 Å². The van der Waals surface area contributed by atoms with E-state index in [0.29, 0.717) is 0 Å². The van der Waals surface area contributed by atoms with Gasteiger partial charge in [0.25, 0.3) is 0 Å². The molecule has 78 valence electrons. The highest BCUT2D eigenvalue weighted by Crippen LogP contribution is 2.14. The van der Waals surface area contributed by atoms with Gasteiger partial charge >= 0.3 is 0 Å². The molecule has 1 aliphatic heterocycles. The van der Waals surface area contributed by atoms with E-state index in [1.165, 1.54) is 31.7 Å². The Morgan fingerprint density at radius 3 is 2.62 bits per heavy atom. The molecule has 0 aromatic carbocycles. The van der Waals surface area contributed by atoms with E-state index in [2.05, 4.69) is 30.4 Å². The van der Waals surface area contributed by atoms with Gasteiger partial charge in [-0.2, -0.15) is 11.8 Å². The highest BCUT2D eigenvalue weighted by Gasteiger charge is 2.20. The van der Waals surface area contributed by atoms with Crippen LogP contribution in [0.3, 0.4) is 0 Å². The van der Waals surface area contributed by atoms with Crippen molar-refractivity contribution in [3.05, 3.63) is 0 Å². The zero-order valence-electron chi connectivity index (χ0n) is 9.05. The Labute approximate surface area is 86.5 Å². The maximum atomic E-state index is 3.41. The van der Waals surface area contributed by atoms with Gasteiger partial charge in [0.2, 0.25) is 0 Å². The van der Waals surface area contributed by atoms with E-state index >= 15 is 0 Å². The lowest BCUT2D eigenvalue weighted by Gasteiger charge is -2.35. The van der Waals surface area contributed by atoms with Crippen molar-refractivity contribution in [1.82, 2.24) is 10.2 Å². The van der Waals surface area contributed by atoms with Gasteiger partial charge in [-0.3, -0.25) is 4.90 Å². The molecule has 0 aliphatic carbocycles. The SMILES string of the molecule is CSCC(C)N(C)C1CCNCC1. The lowest BCUT2D eigenvalue weighted by molar-refractivity contribution is 0.164. The van der Waals surface area contributed by atoms with Crippen LogP contribution in [0.5, 0.6) is 0 Å². The fourth-order valence-electron chi connectivity index (χ4n) is 1.93. The van der Waals surface area contributed by atoms with Crippen molar-refractivity contribution in [3.8, 4) is 0 Å². The number of hydrogen-bond acceptors (Lipinski definition) is 3. The molecule has 0 saturated carbocycles.